The number of benzene rings is 2. The van der Waals surface area contributed by atoms with Crippen molar-refractivity contribution < 1.29 is 13.9 Å². The van der Waals surface area contributed by atoms with Gasteiger partial charge in [-0.15, -0.1) is 0 Å². The minimum Gasteiger partial charge on any atom is -0.494 e. The van der Waals surface area contributed by atoms with Crippen LogP contribution in [0.15, 0.2) is 48.5 Å². The number of halogens is 1. The first kappa shape index (κ1) is 28.5. The van der Waals surface area contributed by atoms with E-state index in [1.807, 2.05) is 36.1 Å². The molecule has 3 heterocycles. The minimum absolute atomic E-state index is 0.0236. The van der Waals surface area contributed by atoms with E-state index >= 15 is 0 Å². The van der Waals surface area contributed by atoms with E-state index in [1.54, 1.807) is 16.8 Å². The van der Waals surface area contributed by atoms with Gasteiger partial charge in [-0.3, -0.25) is 4.79 Å². The second kappa shape index (κ2) is 12.7. The summed E-state index contributed by atoms with van der Waals surface area (Å²) in [7, 11) is 0. The lowest BCUT2D eigenvalue weighted by atomic mass is 10.1. The topological polar surface area (TPSA) is 76.4 Å². The van der Waals surface area contributed by atoms with Crippen LogP contribution in [-0.4, -0.2) is 63.3 Å². The Hall–Kier alpha value is -4.01. The van der Waals surface area contributed by atoms with Crippen LogP contribution in [0.2, 0.25) is 0 Å². The molecule has 0 saturated carbocycles. The number of carbonyl (C=O) groups is 1. The molecule has 1 aliphatic heterocycles. The van der Waals surface area contributed by atoms with Crippen molar-refractivity contribution in [2.24, 2.45) is 5.92 Å². The average Bonchev–Trinajstić information content (AvgIpc) is 3.32. The van der Waals surface area contributed by atoms with Crippen molar-refractivity contribution in [3.8, 4) is 11.4 Å². The maximum Gasteiger partial charge on any atom is 0.253 e. The Kier molecular flexibility index (Phi) is 8.81. The number of aromatic nitrogens is 4. The number of hydrogen-bond acceptors (Lipinski definition) is 6. The molecule has 1 saturated heterocycles. The number of anilines is 1. The number of rotatable bonds is 10. The molecule has 41 heavy (non-hydrogen) atoms. The summed E-state index contributed by atoms with van der Waals surface area (Å²) in [6.45, 7) is 11.6. The Labute approximate surface area is 241 Å². The highest BCUT2D eigenvalue weighted by Crippen LogP contribution is 2.30. The third kappa shape index (κ3) is 6.50. The van der Waals surface area contributed by atoms with Gasteiger partial charge in [0.25, 0.3) is 5.91 Å². The van der Waals surface area contributed by atoms with E-state index in [1.165, 1.54) is 12.1 Å². The fourth-order valence-corrected chi connectivity index (χ4v) is 5.06. The van der Waals surface area contributed by atoms with Crippen molar-refractivity contribution in [3.63, 3.8) is 0 Å². The summed E-state index contributed by atoms with van der Waals surface area (Å²) in [5, 5.41) is 5.67. The Morgan fingerprint density at radius 1 is 1.00 bits per heavy atom. The van der Waals surface area contributed by atoms with Crippen LogP contribution in [0.25, 0.3) is 16.7 Å². The second-order valence-electron chi connectivity index (χ2n) is 11.1. The molecule has 2 aromatic carbocycles. The van der Waals surface area contributed by atoms with Gasteiger partial charge in [-0.1, -0.05) is 27.2 Å². The lowest BCUT2D eigenvalue weighted by Gasteiger charge is -2.36. The van der Waals surface area contributed by atoms with Crippen molar-refractivity contribution in [2.75, 3.05) is 37.7 Å². The summed E-state index contributed by atoms with van der Waals surface area (Å²) in [5.41, 5.74) is 2.95. The highest BCUT2D eigenvalue weighted by atomic mass is 19.1. The maximum absolute atomic E-state index is 13.6. The number of fused-ring (bicyclic) bond motifs is 1. The molecule has 216 valence electrons. The van der Waals surface area contributed by atoms with E-state index in [0.29, 0.717) is 44.3 Å². The molecule has 1 fully saturated rings. The SMILES string of the molecule is CCCCOc1ccc(C(=O)N2CCN(c3nc(CCC(C)C)nc4c3c(C)nn4-c3ccc(F)cc3)CC2)cc1. The molecular formula is C32H39FN6O2. The standard InChI is InChI=1S/C32H39FN6O2/c1-5-6-21-41-27-14-8-24(9-15-27)32(40)38-19-17-37(18-20-38)30-29-23(4)36-39(26-12-10-25(33)11-13-26)31(29)35-28(34-30)16-7-22(2)3/h8-15,22H,5-7,16-21H2,1-4H3. The third-order valence-electron chi connectivity index (χ3n) is 7.48. The smallest absolute Gasteiger partial charge is 0.253 e. The van der Waals surface area contributed by atoms with Crippen molar-refractivity contribution in [1.82, 2.24) is 24.6 Å². The number of piperazine rings is 1. The molecule has 0 aliphatic carbocycles. The molecule has 0 spiro atoms. The lowest BCUT2D eigenvalue weighted by Crippen LogP contribution is -2.49. The Morgan fingerprint density at radius 2 is 1.71 bits per heavy atom. The summed E-state index contributed by atoms with van der Waals surface area (Å²) < 4.78 is 21.2. The largest absolute Gasteiger partial charge is 0.494 e. The zero-order chi connectivity index (χ0) is 28.9. The van der Waals surface area contributed by atoms with E-state index < -0.39 is 0 Å². The predicted octanol–water partition coefficient (Wildman–Crippen LogP) is 5.99. The maximum atomic E-state index is 13.6. The van der Waals surface area contributed by atoms with Gasteiger partial charge in [0.05, 0.1) is 23.4 Å². The normalized spacial score (nSPS) is 13.8. The molecule has 1 aliphatic rings. The van der Waals surface area contributed by atoms with E-state index in [4.69, 9.17) is 19.8 Å². The fraction of sp³-hybridized carbons (Fsp3) is 0.438. The van der Waals surface area contributed by atoms with Crippen molar-refractivity contribution >= 4 is 22.8 Å². The van der Waals surface area contributed by atoms with Gasteiger partial charge in [-0.05, 0) is 74.2 Å². The van der Waals surface area contributed by atoms with Gasteiger partial charge < -0.3 is 14.5 Å². The van der Waals surface area contributed by atoms with Gasteiger partial charge in [0.15, 0.2) is 5.65 Å². The summed E-state index contributed by atoms with van der Waals surface area (Å²) in [6, 6.07) is 13.7. The van der Waals surface area contributed by atoms with E-state index in [0.717, 1.165) is 65.5 Å². The van der Waals surface area contributed by atoms with Crippen LogP contribution in [0.5, 0.6) is 5.75 Å². The number of hydrogen-bond donors (Lipinski definition) is 0. The zero-order valence-corrected chi connectivity index (χ0v) is 24.4. The molecule has 5 rings (SSSR count). The molecule has 0 bridgehead atoms. The average molecular weight is 559 g/mol. The van der Waals surface area contributed by atoms with Gasteiger partial charge in [0.2, 0.25) is 0 Å². The van der Waals surface area contributed by atoms with Gasteiger partial charge in [0.1, 0.15) is 23.2 Å². The van der Waals surface area contributed by atoms with Gasteiger partial charge in [0, 0.05) is 38.2 Å². The van der Waals surface area contributed by atoms with Crippen LogP contribution in [-0.2, 0) is 6.42 Å². The van der Waals surface area contributed by atoms with Crippen LogP contribution in [0.4, 0.5) is 10.2 Å². The van der Waals surface area contributed by atoms with Crippen LogP contribution >= 0.6 is 0 Å². The number of ether oxygens (including phenoxy) is 1. The number of nitrogens with zero attached hydrogens (tertiary/aromatic N) is 6. The highest BCUT2D eigenvalue weighted by Gasteiger charge is 2.27. The second-order valence-corrected chi connectivity index (χ2v) is 11.1. The summed E-state index contributed by atoms with van der Waals surface area (Å²) in [4.78, 5) is 27.4. The van der Waals surface area contributed by atoms with E-state index in [2.05, 4.69) is 25.7 Å². The Morgan fingerprint density at radius 3 is 2.37 bits per heavy atom. The van der Waals surface area contributed by atoms with Crippen molar-refractivity contribution in [1.29, 1.82) is 0 Å². The zero-order valence-electron chi connectivity index (χ0n) is 24.4. The number of aryl methyl sites for hydroxylation is 2. The van der Waals surface area contributed by atoms with Gasteiger partial charge in [-0.25, -0.2) is 19.0 Å². The molecule has 1 amide bonds. The number of unbranched alkanes of at least 4 members (excludes halogenated alkanes) is 1. The van der Waals surface area contributed by atoms with Gasteiger partial charge >= 0.3 is 0 Å². The van der Waals surface area contributed by atoms with Crippen LogP contribution in [0.3, 0.4) is 0 Å². The number of amides is 1. The van der Waals surface area contributed by atoms with Crippen molar-refractivity contribution in [2.45, 2.75) is 53.4 Å². The van der Waals surface area contributed by atoms with E-state index in [9.17, 15) is 9.18 Å². The Balaban J connectivity index is 1.37. The summed E-state index contributed by atoms with van der Waals surface area (Å²) in [6.07, 6.45) is 3.82. The molecule has 0 radical (unpaired) electrons. The van der Waals surface area contributed by atoms with E-state index in [-0.39, 0.29) is 11.7 Å². The molecule has 4 aromatic rings. The predicted molar refractivity (Wildman–Crippen MR) is 159 cm³/mol. The minimum atomic E-state index is -0.293. The summed E-state index contributed by atoms with van der Waals surface area (Å²) in [5.74, 6) is 2.66. The molecule has 2 aromatic heterocycles. The number of carbonyl (C=O) groups excluding carboxylic acids is 1. The highest BCUT2D eigenvalue weighted by molar-refractivity contribution is 5.95. The van der Waals surface area contributed by atoms with Crippen LogP contribution in [0, 0.1) is 18.7 Å². The quantitative estimate of drug-likeness (QED) is 0.223. The summed E-state index contributed by atoms with van der Waals surface area (Å²) >= 11 is 0. The molecule has 0 N–H and O–H groups in total. The Bertz CT molecular complexity index is 1480. The van der Waals surface area contributed by atoms with Crippen LogP contribution < -0.4 is 9.64 Å². The fourth-order valence-electron chi connectivity index (χ4n) is 5.06. The van der Waals surface area contributed by atoms with Crippen LogP contribution in [0.1, 0.15) is 61.9 Å². The molecule has 9 heteroatoms. The third-order valence-corrected chi connectivity index (χ3v) is 7.48. The first-order valence-electron chi connectivity index (χ1n) is 14.6. The lowest BCUT2D eigenvalue weighted by molar-refractivity contribution is 0.0746. The first-order valence-corrected chi connectivity index (χ1v) is 14.6. The first-order chi connectivity index (χ1) is 19.8. The van der Waals surface area contributed by atoms with Gasteiger partial charge in [-0.2, -0.15) is 5.10 Å². The molecule has 0 atom stereocenters. The monoisotopic (exact) mass is 558 g/mol. The molecular weight excluding hydrogens is 519 g/mol. The van der Waals surface area contributed by atoms with Crippen molar-refractivity contribution in [3.05, 3.63) is 71.4 Å². The molecule has 8 nitrogen and oxygen atoms in total. The molecule has 0 unspecified atom stereocenters.